The van der Waals surface area contributed by atoms with Gasteiger partial charge in [-0.1, -0.05) is 104 Å². The second kappa shape index (κ2) is 8.14. The zero-order valence-electron chi connectivity index (χ0n) is 21.5. The molecule has 6 heterocycles. The molecule has 6 bridgehead atoms. The fraction of sp³-hybridized carbons (Fsp3) is 0.0588. The van der Waals surface area contributed by atoms with Gasteiger partial charge in [-0.15, -0.1) is 0 Å². The summed E-state index contributed by atoms with van der Waals surface area (Å²) in [6, 6.07) is 32.9. The number of hydrogen-bond donors (Lipinski definition) is 0. The Balaban J connectivity index is 0.00000250. The normalized spacial score (nSPS) is 15.3. The van der Waals surface area contributed by atoms with Crippen molar-refractivity contribution < 1.29 is 0 Å². The molecule has 10 rings (SSSR count). The minimum absolute atomic E-state index is 0. The van der Waals surface area contributed by atoms with Gasteiger partial charge in [0.25, 0.3) is 0 Å². The highest BCUT2D eigenvalue weighted by Gasteiger charge is 2.29. The summed E-state index contributed by atoms with van der Waals surface area (Å²) in [5.41, 5.74) is 5.45. The number of fused-ring (bicyclic) bond motifs is 14. The summed E-state index contributed by atoms with van der Waals surface area (Å²) in [6.45, 7) is 0.423. The lowest BCUT2D eigenvalue weighted by molar-refractivity contribution is 0.584. The van der Waals surface area contributed by atoms with Gasteiger partial charge in [-0.2, -0.15) is 0 Å². The third-order valence-corrected chi connectivity index (χ3v) is 8.21. The van der Waals surface area contributed by atoms with E-state index in [-0.39, 0.29) is 7.43 Å². The Morgan fingerprint density at radius 1 is 0.381 bits per heavy atom. The molecule has 0 aliphatic carbocycles. The van der Waals surface area contributed by atoms with E-state index in [1.807, 2.05) is 48.5 Å². The van der Waals surface area contributed by atoms with Crippen LogP contribution < -0.4 is 11.0 Å². The van der Waals surface area contributed by atoms with E-state index in [4.69, 9.17) is 30.0 Å². The Morgan fingerprint density at radius 2 is 0.738 bits per heavy atom. The Bertz CT molecular complexity index is 2280. The van der Waals surface area contributed by atoms with Crippen LogP contribution in [0.3, 0.4) is 0 Å². The number of aliphatic imine (C=N–C) groups is 4. The quantitative estimate of drug-likeness (QED) is 0.237. The van der Waals surface area contributed by atoms with Gasteiger partial charge in [0.05, 0.1) is 0 Å². The van der Waals surface area contributed by atoms with E-state index in [9.17, 15) is 0 Å². The Hall–Kier alpha value is -5.76. The zero-order valence-corrected chi connectivity index (χ0v) is 21.5. The van der Waals surface area contributed by atoms with Gasteiger partial charge < -0.3 is 0 Å². The summed E-state index contributed by atoms with van der Waals surface area (Å²) in [5.74, 6) is 4.18. The average molecular weight is 543 g/mol. The maximum absolute atomic E-state index is 5.22. The lowest BCUT2D eigenvalue weighted by Gasteiger charge is -2.12. The largest absolute Gasteiger partial charge is 0.291 e. The highest BCUT2D eigenvalue weighted by Crippen LogP contribution is 2.40. The minimum atomic E-state index is 0. The van der Waals surface area contributed by atoms with Crippen LogP contribution in [0.4, 0.5) is 11.6 Å². The van der Waals surface area contributed by atoms with Crippen molar-refractivity contribution in [2.75, 3.05) is 0 Å². The molecule has 4 aromatic carbocycles. The Morgan fingerprint density at radius 3 is 1.17 bits per heavy atom. The Kier molecular flexibility index (Phi) is 4.46. The molecule has 0 fully saturated rings. The maximum atomic E-state index is 5.22. The van der Waals surface area contributed by atoms with Crippen molar-refractivity contribution in [2.24, 2.45) is 30.0 Å². The van der Waals surface area contributed by atoms with E-state index >= 15 is 0 Å². The van der Waals surface area contributed by atoms with Crippen LogP contribution in [-0.4, -0.2) is 32.5 Å². The van der Waals surface area contributed by atoms with E-state index < -0.39 is 0 Å². The van der Waals surface area contributed by atoms with Crippen LogP contribution in [0.2, 0.25) is 0 Å². The number of hydrogen-bond acceptors (Lipinski definition) is 6. The fourth-order valence-corrected chi connectivity index (χ4v) is 6.35. The van der Waals surface area contributed by atoms with Crippen molar-refractivity contribution in [3.63, 3.8) is 0 Å². The van der Waals surface area contributed by atoms with Crippen molar-refractivity contribution in [3.8, 4) is 0 Å². The van der Waals surface area contributed by atoms with Gasteiger partial charge in [0.1, 0.15) is 29.3 Å². The summed E-state index contributed by atoms with van der Waals surface area (Å²) in [7, 11) is 0. The summed E-state index contributed by atoms with van der Waals surface area (Å²) in [6.07, 6.45) is 0. The summed E-state index contributed by atoms with van der Waals surface area (Å²) in [4.78, 5) is 30.9. The molecule has 0 saturated heterocycles. The molecular formula is C34H22N8. The topological polar surface area (TPSA) is 84.0 Å². The third-order valence-electron chi connectivity index (χ3n) is 8.21. The fourth-order valence-electron chi connectivity index (χ4n) is 6.35. The van der Waals surface area contributed by atoms with Crippen LogP contribution in [-0.2, 0) is 6.67 Å². The van der Waals surface area contributed by atoms with Crippen LogP contribution in [0.15, 0.2) is 127 Å². The molecule has 4 aliphatic rings. The van der Waals surface area contributed by atoms with Crippen molar-refractivity contribution in [1.29, 1.82) is 0 Å². The number of benzene rings is 4. The lowest BCUT2D eigenvalue weighted by atomic mass is 10.1. The molecule has 198 valence electrons. The van der Waals surface area contributed by atoms with Gasteiger partial charge in [-0.05, 0) is 0 Å². The molecule has 8 nitrogen and oxygen atoms in total. The van der Waals surface area contributed by atoms with E-state index in [0.717, 1.165) is 66.4 Å². The number of amidine groups is 4. The third kappa shape index (κ3) is 2.90. The molecule has 0 N–H and O–H groups in total. The van der Waals surface area contributed by atoms with Gasteiger partial charge >= 0.3 is 0 Å². The number of nitrogens with zero attached hydrogens (tertiary/aromatic N) is 8. The van der Waals surface area contributed by atoms with Crippen molar-refractivity contribution >= 4 is 56.5 Å². The maximum Gasteiger partial charge on any atom is 0.164 e. The molecule has 8 heteroatoms. The van der Waals surface area contributed by atoms with Crippen LogP contribution in [0.1, 0.15) is 29.7 Å². The monoisotopic (exact) mass is 542 g/mol. The molecule has 42 heavy (non-hydrogen) atoms. The number of rotatable bonds is 0. The van der Waals surface area contributed by atoms with Crippen molar-refractivity contribution in [2.45, 2.75) is 14.1 Å². The van der Waals surface area contributed by atoms with E-state index in [1.165, 1.54) is 0 Å². The molecule has 0 atom stereocenters. The van der Waals surface area contributed by atoms with Gasteiger partial charge in [-0.3, -0.25) is 9.13 Å². The molecule has 0 radical (unpaired) electrons. The SMILES string of the molecule is C.c1ccc2c(c1)C1=NC2=Nc2c3ccccc3c3n2Cn2c(c4ccccc4c2=NC2=NC(=N3)c3ccccc32)=N1. The zero-order chi connectivity index (χ0) is 26.7. The van der Waals surface area contributed by atoms with Crippen LogP contribution in [0.25, 0.3) is 21.5 Å². The predicted octanol–water partition coefficient (Wildman–Crippen LogP) is 5.68. The molecule has 6 aromatic rings. The van der Waals surface area contributed by atoms with E-state index in [1.54, 1.807) is 0 Å². The second-order valence-corrected chi connectivity index (χ2v) is 10.4. The first kappa shape index (κ1) is 23.0. The van der Waals surface area contributed by atoms with Gasteiger partial charge in [0.2, 0.25) is 0 Å². The standard InChI is InChI=1S/C33H18N8.CH4/c1-2-10-19-18(9-1)26-34-27(19)37-31-24-15-7-8-16-25(24)33-39-29-21-12-4-3-11-20(21)28(35-29)38-32-23-14-6-5-13-22(23)30(36-26)40(32)17-41(31)33;/h1-16H,17H2;1H4. The molecular weight excluding hydrogens is 520 g/mol. The Labute approximate surface area is 239 Å². The predicted molar refractivity (Wildman–Crippen MR) is 167 cm³/mol. The molecule has 4 aliphatic heterocycles. The lowest BCUT2D eigenvalue weighted by Crippen LogP contribution is -2.32. The molecule has 0 spiro atoms. The van der Waals surface area contributed by atoms with Gasteiger partial charge in [0, 0.05) is 43.8 Å². The first-order chi connectivity index (χ1) is 20.3. The van der Waals surface area contributed by atoms with Crippen molar-refractivity contribution in [3.05, 3.63) is 130 Å². The second-order valence-electron chi connectivity index (χ2n) is 10.4. The average Bonchev–Trinajstić information content (AvgIpc) is 3.72. The van der Waals surface area contributed by atoms with Gasteiger partial charge in [0.15, 0.2) is 23.3 Å². The highest BCUT2D eigenvalue weighted by molar-refractivity contribution is 6.25. The van der Waals surface area contributed by atoms with Crippen molar-refractivity contribution in [1.82, 2.24) is 9.13 Å². The van der Waals surface area contributed by atoms with Crippen LogP contribution >= 0.6 is 0 Å². The summed E-state index contributed by atoms with van der Waals surface area (Å²) < 4.78 is 4.31. The summed E-state index contributed by atoms with van der Waals surface area (Å²) in [5, 5.41) is 4.02. The van der Waals surface area contributed by atoms with Crippen LogP contribution in [0.5, 0.6) is 0 Å². The van der Waals surface area contributed by atoms with E-state index in [2.05, 4.69) is 57.7 Å². The number of aromatic nitrogens is 2. The summed E-state index contributed by atoms with van der Waals surface area (Å²) >= 11 is 0. The smallest absolute Gasteiger partial charge is 0.164 e. The minimum Gasteiger partial charge on any atom is -0.291 e. The molecule has 0 saturated carbocycles. The molecule has 0 unspecified atom stereocenters. The first-order valence-corrected chi connectivity index (χ1v) is 13.5. The van der Waals surface area contributed by atoms with Gasteiger partial charge in [-0.25, -0.2) is 30.0 Å². The van der Waals surface area contributed by atoms with E-state index in [0.29, 0.717) is 30.0 Å². The molecule has 0 amide bonds. The molecule has 2 aromatic heterocycles. The highest BCUT2D eigenvalue weighted by atomic mass is 15.3. The first-order valence-electron chi connectivity index (χ1n) is 13.5. The van der Waals surface area contributed by atoms with Crippen LogP contribution in [0, 0.1) is 0 Å².